The van der Waals surface area contributed by atoms with Crippen molar-refractivity contribution in [3.63, 3.8) is 0 Å². The van der Waals surface area contributed by atoms with Gasteiger partial charge in [-0.25, -0.2) is 0 Å². The zero-order valence-corrected chi connectivity index (χ0v) is 16.7. The van der Waals surface area contributed by atoms with E-state index in [1.807, 2.05) is 6.07 Å². The normalized spacial score (nSPS) is 19.9. The number of amides is 1. The molecule has 0 aromatic carbocycles. The molecule has 1 aliphatic heterocycles. The predicted molar refractivity (Wildman–Crippen MR) is 99.5 cm³/mol. The van der Waals surface area contributed by atoms with Gasteiger partial charge in [0.2, 0.25) is 0 Å². The Morgan fingerprint density at radius 3 is 2.76 bits per heavy atom. The maximum atomic E-state index is 13.0. The Kier molecular flexibility index (Phi) is 5.09. The van der Waals surface area contributed by atoms with E-state index in [1.165, 1.54) is 18.4 Å². The molecule has 1 unspecified atom stereocenters. The second-order valence-electron chi connectivity index (χ2n) is 5.71. The van der Waals surface area contributed by atoms with E-state index >= 15 is 0 Å². The molecule has 1 amide bonds. The van der Waals surface area contributed by atoms with Crippen molar-refractivity contribution in [3.05, 3.63) is 54.5 Å². The highest BCUT2D eigenvalue weighted by Crippen LogP contribution is 2.44. The first-order valence-corrected chi connectivity index (χ1v) is 9.47. The Hall–Kier alpha value is -1.57. The lowest BCUT2D eigenvalue weighted by atomic mass is 9.92. The molecule has 0 spiro atoms. The van der Waals surface area contributed by atoms with E-state index < -0.39 is 5.97 Å². The lowest BCUT2D eigenvalue weighted by molar-refractivity contribution is -0.136. The quantitative estimate of drug-likeness (QED) is 0.742. The number of carbonyl (C=O) groups is 2. The van der Waals surface area contributed by atoms with Crippen LogP contribution in [0.15, 0.2) is 49.6 Å². The molecule has 2 heterocycles. The second kappa shape index (κ2) is 6.97. The highest BCUT2D eigenvalue weighted by molar-refractivity contribution is 9.11. The van der Waals surface area contributed by atoms with Gasteiger partial charge in [-0.05, 0) is 52.2 Å². The summed E-state index contributed by atoms with van der Waals surface area (Å²) < 4.78 is 6.14. The average molecular weight is 445 g/mol. The van der Waals surface area contributed by atoms with Crippen LogP contribution in [0.25, 0.3) is 0 Å². The van der Waals surface area contributed by atoms with Gasteiger partial charge in [0.1, 0.15) is 5.76 Å². The Bertz CT molecular complexity index is 855. The van der Waals surface area contributed by atoms with E-state index in [0.717, 1.165) is 9.36 Å². The minimum absolute atomic E-state index is 0.152. The zero-order valence-electron chi connectivity index (χ0n) is 13.5. The predicted octanol–water partition coefficient (Wildman–Crippen LogP) is 4.51. The van der Waals surface area contributed by atoms with Crippen LogP contribution in [-0.2, 0) is 9.53 Å². The van der Waals surface area contributed by atoms with Crippen molar-refractivity contribution < 1.29 is 19.4 Å². The summed E-state index contributed by atoms with van der Waals surface area (Å²) in [4.78, 5) is 26.6. The smallest absolute Gasteiger partial charge is 0.307 e. The van der Waals surface area contributed by atoms with E-state index in [1.54, 1.807) is 24.0 Å². The minimum Gasteiger partial charge on any atom is -0.496 e. The topological polar surface area (TPSA) is 66.8 Å². The Balaban J connectivity index is 2.06. The molecular formula is C17H15BrClNO4S. The molecule has 5 nitrogen and oxygen atoms in total. The summed E-state index contributed by atoms with van der Waals surface area (Å²) in [5.41, 5.74) is 2.07. The van der Waals surface area contributed by atoms with Gasteiger partial charge in [-0.3, -0.25) is 9.59 Å². The van der Waals surface area contributed by atoms with Gasteiger partial charge < -0.3 is 14.7 Å². The van der Waals surface area contributed by atoms with Gasteiger partial charge in [0.25, 0.3) is 5.91 Å². The molecule has 1 aromatic rings. The molecule has 0 saturated carbocycles. The maximum absolute atomic E-state index is 13.0. The van der Waals surface area contributed by atoms with E-state index in [2.05, 4.69) is 15.9 Å². The Morgan fingerprint density at radius 1 is 1.48 bits per heavy atom. The van der Waals surface area contributed by atoms with Crippen molar-refractivity contribution >= 4 is 50.7 Å². The minimum atomic E-state index is -0.943. The fraction of sp³-hybridized carbons (Fsp3) is 0.294. The SMILES string of the molecule is COC1=C(Cl)CC2C(=C1)C(CC(=O)O)=C(C)N2C(=O)c1ccc(Br)s1. The molecule has 1 aliphatic carbocycles. The maximum Gasteiger partial charge on any atom is 0.307 e. The van der Waals surface area contributed by atoms with Crippen molar-refractivity contribution in [2.45, 2.75) is 25.8 Å². The van der Waals surface area contributed by atoms with Crippen molar-refractivity contribution in [2.75, 3.05) is 7.11 Å². The molecule has 1 N–H and O–H groups in total. The molecule has 2 aliphatic rings. The molecular weight excluding hydrogens is 430 g/mol. The zero-order chi connectivity index (χ0) is 18.3. The number of hydrogen-bond acceptors (Lipinski definition) is 4. The summed E-state index contributed by atoms with van der Waals surface area (Å²) in [6.45, 7) is 1.78. The first-order valence-electron chi connectivity index (χ1n) is 7.48. The molecule has 0 radical (unpaired) electrons. The number of rotatable bonds is 4. The van der Waals surface area contributed by atoms with Gasteiger partial charge in [-0.2, -0.15) is 0 Å². The lowest BCUT2D eigenvalue weighted by Crippen LogP contribution is -2.36. The number of hydrogen-bond donors (Lipinski definition) is 1. The van der Waals surface area contributed by atoms with Gasteiger partial charge in [-0.1, -0.05) is 11.6 Å². The van der Waals surface area contributed by atoms with Gasteiger partial charge in [0.15, 0.2) is 0 Å². The van der Waals surface area contributed by atoms with Crippen LogP contribution in [0.5, 0.6) is 0 Å². The molecule has 0 bridgehead atoms. The van der Waals surface area contributed by atoms with Gasteiger partial charge in [0.05, 0.1) is 33.3 Å². The second-order valence-corrected chi connectivity index (χ2v) is 8.63. The van der Waals surface area contributed by atoms with Crippen molar-refractivity contribution in [2.24, 2.45) is 0 Å². The fourth-order valence-electron chi connectivity index (χ4n) is 3.20. The van der Waals surface area contributed by atoms with Crippen molar-refractivity contribution in [3.8, 4) is 0 Å². The largest absolute Gasteiger partial charge is 0.496 e. The number of carboxylic acids is 1. The van der Waals surface area contributed by atoms with E-state index in [0.29, 0.717) is 33.4 Å². The fourth-order valence-corrected chi connectivity index (χ4v) is 4.80. The summed E-state index contributed by atoms with van der Waals surface area (Å²) >= 11 is 11.0. The molecule has 1 aromatic heterocycles. The number of ether oxygens (including phenoxy) is 1. The summed E-state index contributed by atoms with van der Waals surface area (Å²) in [6.07, 6.45) is 1.99. The third kappa shape index (κ3) is 3.28. The highest BCUT2D eigenvalue weighted by atomic mass is 79.9. The van der Waals surface area contributed by atoms with Crippen LogP contribution in [0.4, 0.5) is 0 Å². The third-order valence-electron chi connectivity index (χ3n) is 4.29. The van der Waals surface area contributed by atoms with Crippen LogP contribution < -0.4 is 0 Å². The number of aliphatic carboxylic acids is 1. The number of halogens is 2. The summed E-state index contributed by atoms with van der Waals surface area (Å²) in [5.74, 6) is -0.589. The van der Waals surface area contributed by atoms with Crippen LogP contribution in [0.2, 0.25) is 0 Å². The van der Waals surface area contributed by atoms with Gasteiger partial charge in [-0.15, -0.1) is 11.3 Å². The third-order valence-corrected chi connectivity index (χ3v) is 6.25. The van der Waals surface area contributed by atoms with Crippen molar-refractivity contribution in [1.82, 2.24) is 4.90 Å². The lowest BCUT2D eigenvalue weighted by Gasteiger charge is -2.29. The van der Waals surface area contributed by atoms with Crippen LogP contribution in [0, 0.1) is 0 Å². The van der Waals surface area contributed by atoms with Crippen LogP contribution in [-0.4, -0.2) is 35.0 Å². The van der Waals surface area contributed by atoms with Crippen molar-refractivity contribution in [1.29, 1.82) is 0 Å². The molecule has 8 heteroatoms. The van der Waals surface area contributed by atoms with Crippen LogP contribution in [0.1, 0.15) is 29.4 Å². The molecule has 25 heavy (non-hydrogen) atoms. The number of allylic oxidation sites excluding steroid dienone is 2. The number of carbonyl (C=O) groups excluding carboxylic acids is 1. The standard InChI is InChI=1S/C17H15BrClNO4S/c1-8-9(6-16(21)22)10-5-13(24-2)11(19)7-12(10)20(8)17(23)14-3-4-15(18)25-14/h3-5,12H,6-7H2,1-2H3,(H,21,22). The molecule has 0 saturated heterocycles. The highest BCUT2D eigenvalue weighted by Gasteiger charge is 2.41. The van der Waals surface area contributed by atoms with Crippen LogP contribution in [0.3, 0.4) is 0 Å². The summed E-state index contributed by atoms with van der Waals surface area (Å²) in [5, 5.41) is 9.78. The Labute approximate surface area is 162 Å². The van der Waals surface area contributed by atoms with Crippen LogP contribution >= 0.6 is 38.9 Å². The number of thiophene rings is 1. The van der Waals surface area contributed by atoms with Gasteiger partial charge in [0, 0.05) is 12.1 Å². The number of carboxylic acid groups (broad SMARTS) is 1. The summed E-state index contributed by atoms with van der Waals surface area (Å²) in [6, 6.07) is 3.26. The number of fused-ring (bicyclic) bond motifs is 1. The average Bonchev–Trinajstić information content (AvgIpc) is 3.08. The molecule has 3 rings (SSSR count). The van der Waals surface area contributed by atoms with E-state index in [9.17, 15) is 14.7 Å². The first-order chi connectivity index (χ1) is 11.8. The molecule has 0 fully saturated rings. The number of nitrogens with zero attached hydrogens (tertiary/aromatic N) is 1. The Morgan fingerprint density at radius 2 is 2.20 bits per heavy atom. The van der Waals surface area contributed by atoms with E-state index in [4.69, 9.17) is 16.3 Å². The first kappa shape index (κ1) is 18.2. The van der Waals surface area contributed by atoms with Gasteiger partial charge >= 0.3 is 5.97 Å². The monoisotopic (exact) mass is 443 g/mol. The summed E-state index contributed by atoms with van der Waals surface area (Å²) in [7, 11) is 1.52. The molecule has 1 atom stereocenters. The number of methoxy groups -OCH3 is 1. The van der Waals surface area contributed by atoms with E-state index in [-0.39, 0.29) is 18.4 Å². The molecule has 132 valence electrons.